The van der Waals surface area contributed by atoms with E-state index in [1.165, 1.54) is 26.4 Å². The topological polar surface area (TPSA) is 24.7 Å². The summed E-state index contributed by atoms with van der Waals surface area (Å²) in [5, 5.41) is 6.92. The van der Waals surface area contributed by atoms with Gasteiger partial charge in [0.25, 0.3) is 0 Å². The Morgan fingerprint density at radius 3 is 1.92 bits per heavy atom. The molecule has 0 bridgehead atoms. The Kier molecular flexibility index (Phi) is 2.86. The lowest BCUT2D eigenvalue weighted by Gasteiger charge is -2.12. The molecule has 2 heterocycles. The second kappa shape index (κ2) is 4.87. The van der Waals surface area contributed by atoms with Gasteiger partial charge in [-0.3, -0.25) is 0 Å². The van der Waals surface area contributed by atoms with Crippen LogP contribution >= 0.6 is 15.9 Å². The molecule has 0 saturated carbocycles. The highest BCUT2D eigenvalue weighted by atomic mass is 79.9. The molecular formula is C21H15BrN2. The minimum atomic E-state index is 0.375. The molecule has 0 radical (unpaired) electrons. The van der Waals surface area contributed by atoms with Gasteiger partial charge in [0.05, 0.1) is 26.6 Å². The zero-order valence-corrected chi connectivity index (χ0v) is 15.1. The number of hydrogen-bond donors (Lipinski definition) is 0. The van der Waals surface area contributed by atoms with Crippen LogP contribution in [0.25, 0.3) is 0 Å². The minimum Gasteiger partial charge on any atom is -0.247 e. The maximum atomic E-state index is 4.98. The quantitative estimate of drug-likeness (QED) is 0.407. The molecule has 0 N–H and O–H groups in total. The van der Waals surface area contributed by atoms with Crippen LogP contribution in [-0.2, 0) is 0 Å². The van der Waals surface area contributed by atoms with E-state index in [0.717, 1.165) is 26.6 Å². The normalized spacial score (nSPS) is 13.0. The Morgan fingerprint density at radius 2 is 1.29 bits per heavy atom. The second-order valence-electron chi connectivity index (χ2n) is 6.59. The smallest absolute Gasteiger partial charge is 0.0869 e. The summed E-state index contributed by atoms with van der Waals surface area (Å²) in [5.41, 5.74) is 3.45. The maximum absolute atomic E-state index is 4.98. The Balaban J connectivity index is 2.17. The van der Waals surface area contributed by atoms with Gasteiger partial charge in [-0.15, -0.1) is 0 Å². The van der Waals surface area contributed by atoms with Crippen LogP contribution in [0.4, 0.5) is 11.4 Å². The van der Waals surface area contributed by atoms with Gasteiger partial charge >= 0.3 is 0 Å². The first-order valence-corrected chi connectivity index (χ1v) is 8.97. The first-order valence-electron chi connectivity index (χ1n) is 8.18. The fourth-order valence-corrected chi connectivity index (χ4v) is 4.51. The summed E-state index contributed by atoms with van der Waals surface area (Å²) in [6, 6.07) is 16.7. The number of nitrogens with zero attached hydrogens (tertiary/aromatic N) is 2. The van der Waals surface area contributed by atoms with Crippen LogP contribution in [0.2, 0.25) is 0 Å². The van der Waals surface area contributed by atoms with E-state index in [4.69, 9.17) is 9.98 Å². The largest absolute Gasteiger partial charge is 0.247 e. The SMILES string of the molecule is CC(C)c1c2c(c(Br)c3c1=c1ccccc1=N3)=c1ccccc1=N2. The first-order chi connectivity index (χ1) is 11.7. The summed E-state index contributed by atoms with van der Waals surface area (Å²) < 4.78 is 1.06. The molecule has 0 atom stereocenters. The highest BCUT2D eigenvalue weighted by molar-refractivity contribution is 9.10. The summed E-state index contributed by atoms with van der Waals surface area (Å²) >= 11 is 3.84. The van der Waals surface area contributed by atoms with Crippen LogP contribution in [0.15, 0.2) is 63.0 Å². The minimum absolute atomic E-state index is 0.375. The Bertz CT molecular complexity index is 1340. The fourth-order valence-electron chi connectivity index (χ4n) is 3.82. The van der Waals surface area contributed by atoms with Crippen molar-refractivity contribution in [2.24, 2.45) is 9.98 Å². The highest BCUT2D eigenvalue weighted by Crippen LogP contribution is 2.42. The van der Waals surface area contributed by atoms with E-state index in [1.807, 2.05) is 12.1 Å². The van der Waals surface area contributed by atoms with Gasteiger partial charge in [0.2, 0.25) is 0 Å². The molecule has 3 heteroatoms. The zero-order valence-electron chi connectivity index (χ0n) is 13.5. The van der Waals surface area contributed by atoms with Crippen molar-refractivity contribution in [1.29, 1.82) is 0 Å². The van der Waals surface area contributed by atoms with Crippen LogP contribution in [0, 0.1) is 20.9 Å². The molecule has 2 aliphatic heterocycles. The molecule has 5 rings (SSSR count). The van der Waals surface area contributed by atoms with Crippen molar-refractivity contribution in [2.75, 3.05) is 0 Å². The molecular weight excluding hydrogens is 360 g/mol. The third kappa shape index (κ3) is 1.71. The Morgan fingerprint density at radius 1 is 0.750 bits per heavy atom. The van der Waals surface area contributed by atoms with Gasteiger partial charge in [-0.2, -0.15) is 0 Å². The predicted octanol–water partition coefficient (Wildman–Crippen LogP) is 4.68. The van der Waals surface area contributed by atoms with Crippen LogP contribution in [-0.4, -0.2) is 0 Å². The molecule has 0 aliphatic carbocycles. The average Bonchev–Trinajstić information content (AvgIpc) is 3.14. The fraction of sp³-hybridized carbons (Fsp3) is 0.143. The Hall–Kier alpha value is -2.26. The predicted molar refractivity (Wildman–Crippen MR) is 98.1 cm³/mol. The molecule has 0 amide bonds. The van der Waals surface area contributed by atoms with Crippen molar-refractivity contribution in [3.05, 3.63) is 90.2 Å². The lowest BCUT2D eigenvalue weighted by molar-refractivity contribution is 0.858. The van der Waals surface area contributed by atoms with E-state index < -0.39 is 0 Å². The standard InChI is InChI=1S/C21H15BrN2/c1-11(2)16-17-12-7-3-5-9-14(12)24-21(17)19(22)18-13-8-4-6-10-15(13)23-20(16)18/h3-11H,1-2H3. The van der Waals surface area contributed by atoms with Gasteiger partial charge in [-0.1, -0.05) is 50.2 Å². The van der Waals surface area contributed by atoms with Crippen molar-refractivity contribution >= 4 is 27.3 Å². The highest BCUT2D eigenvalue weighted by Gasteiger charge is 2.22. The zero-order chi connectivity index (χ0) is 16.4. The van der Waals surface area contributed by atoms with Crippen molar-refractivity contribution in [1.82, 2.24) is 0 Å². The molecule has 0 spiro atoms. The molecule has 2 aliphatic rings. The third-order valence-corrected chi connectivity index (χ3v) is 5.59. The van der Waals surface area contributed by atoms with Crippen molar-refractivity contribution < 1.29 is 0 Å². The molecule has 24 heavy (non-hydrogen) atoms. The van der Waals surface area contributed by atoms with Gasteiger partial charge in [-0.05, 0) is 39.5 Å². The number of rotatable bonds is 1. The number of para-hydroxylation sites is 2. The molecule has 3 aromatic carbocycles. The second-order valence-corrected chi connectivity index (χ2v) is 7.38. The number of halogens is 1. The summed E-state index contributed by atoms with van der Waals surface area (Å²) in [7, 11) is 0. The van der Waals surface area contributed by atoms with E-state index in [2.05, 4.69) is 66.2 Å². The molecule has 116 valence electrons. The molecule has 3 aromatic rings. The van der Waals surface area contributed by atoms with Crippen LogP contribution in [0.1, 0.15) is 25.3 Å². The summed E-state index contributed by atoms with van der Waals surface area (Å²) in [6.07, 6.45) is 0. The number of benzene rings is 3. The lowest BCUT2D eigenvalue weighted by atomic mass is 9.95. The van der Waals surface area contributed by atoms with E-state index in [0.29, 0.717) is 5.92 Å². The van der Waals surface area contributed by atoms with Gasteiger partial charge in [0.15, 0.2) is 0 Å². The summed E-state index contributed by atoms with van der Waals surface area (Å²) in [4.78, 5) is 9.90. The van der Waals surface area contributed by atoms with Crippen molar-refractivity contribution in [3.8, 4) is 0 Å². The molecule has 2 nitrogen and oxygen atoms in total. The lowest BCUT2D eigenvalue weighted by Crippen LogP contribution is -1.99. The van der Waals surface area contributed by atoms with E-state index >= 15 is 0 Å². The van der Waals surface area contributed by atoms with Crippen LogP contribution in [0.5, 0.6) is 0 Å². The van der Waals surface area contributed by atoms with E-state index in [9.17, 15) is 0 Å². The molecule has 0 fully saturated rings. The van der Waals surface area contributed by atoms with Crippen molar-refractivity contribution in [2.45, 2.75) is 19.8 Å². The van der Waals surface area contributed by atoms with Gasteiger partial charge in [0.1, 0.15) is 0 Å². The molecule has 0 saturated heterocycles. The average molecular weight is 375 g/mol. The summed E-state index contributed by atoms with van der Waals surface area (Å²) in [6.45, 7) is 4.48. The summed E-state index contributed by atoms with van der Waals surface area (Å²) in [5.74, 6) is 0.375. The number of fused-ring (bicyclic) bond motifs is 4. The van der Waals surface area contributed by atoms with Crippen molar-refractivity contribution in [3.63, 3.8) is 0 Å². The Labute approximate surface area is 147 Å². The molecule has 0 unspecified atom stereocenters. The number of hydrogen-bond acceptors (Lipinski definition) is 2. The monoisotopic (exact) mass is 374 g/mol. The maximum Gasteiger partial charge on any atom is 0.0869 e. The molecule has 0 aromatic heterocycles. The first kappa shape index (κ1) is 14.1. The van der Waals surface area contributed by atoms with E-state index in [-0.39, 0.29) is 0 Å². The van der Waals surface area contributed by atoms with Crippen LogP contribution < -0.4 is 10.7 Å². The van der Waals surface area contributed by atoms with Gasteiger partial charge in [0, 0.05) is 20.9 Å². The van der Waals surface area contributed by atoms with Gasteiger partial charge < -0.3 is 0 Å². The van der Waals surface area contributed by atoms with Crippen LogP contribution in [0.3, 0.4) is 0 Å². The third-order valence-electron chi connectivity index (χ3n) is 4.81. The van der Waals surface area contributed by atoms with E-state index in [1.54, 1.807) is 0 Å². The van der Waals surface area contributed by atoms with Gasteiger partial charge in [-0.25, -0.2) is 9.98 Å².